The van der Waals surface area contributed by atoms with Crippen molar-refractivity contribution in [1.82, 2.24) is 0 Å². The van der Waals surface area contributed by atoms with Crippen LogP contribution in [-0.2, 0) is 11.3 Å². The monoisotopic (exact) mass is 444 g/mol. The lowest BCUT2D eigenvalue weighted by molar-refractivity contribution is -0.929. The van der Waals surface area contributed by atoms with Crippen LogP contribution >= 0.6 is 0 Å². The van der Waals surface area contributed by atoms with Crippen LogP contribution in [0.1, 0.15) is 43.2 Å². The molecule has 0 bridgehead atoms. The molecule has 4 nitrogen and oxygen atoms in total. The molecule has 166 valence electrons. The van der Waals surface area contributed by atoms with Crippen molar-refractivity contribution in [2.45, 2.75) is 44.7 Å². The molecular formula is C25H30ClFN2O2. The topological polar surface area (TPSA) is 38.3 Å². The third-order valence-electron chi connectivity index (χ3n) is 6.36. The molecule has 0 saturated heterocycles. The van der Waals surface area contributed by atoms with Gasteiger partial charge in [0.25, 0.3) is 5.91 Å². The number of ether oxygens (including phenoxy) is 1. The van der Waals surface area contributed by atoms with Crippen LogP contribution in [0.25, 0.3) is 6.08 Å². The zero-order valence-corrected chi connectivity index (χ0v) is 18.9. The maximum atomic E-state index is 13.8. The molecule has 0 atom stereocenters. The van der Waals surface area contributed by atoms with E-state index in [1.165, 1.54) is 43.7 Å². The fraction of sp³-hybridized carbons (Fsp3) is 0.400. The molecule has 1 N–H and O–H groups in total. The van der Waals surface area contributed by atoms with Crippen molar-refractivity contribution < 1.29 is 30.8 Å². The quantitative estimate of drug-likeness (QED) is 0.718. The Labute approximate surface area is 190 Å². The second-order valence-corrected chi connectivity index (χ2v) is 9.00. The van der Waals surface area contributed by atoms with Crippen LogP contribution in [0.15, 0.2) is 48.0 Å². The maximum Gasteiger partial charge on any atom is 0.255 e. The standard InChI is InChI=1S/C25H29FN2O2.ClH/c1-28(2,22-8-4-3-5-9-22)16-18-11-13-21(14-12-18)27-25(29)20-15-19-7-6-10-23(26)24(19)30-17-20;/h6-7,10-15,22H,3-5,8-9,16-17H2,1-2H3;1H. The largest absolute Gasteiger partial charge is 1.00 e. The number of halogens is 2. The Hall–Kier alpha value is -2.37. The minimum absolute atomic E-state index is 0. The van der Waals surface area contributed by atoms with Gasteiger partial charge in [-0.1, -0.05) is 30.7 Å². The molecule has 0 unspecified atom stereocenters. The van der Waals surface area contributed by atoms with Crippen LogP contribution in [0.5, 0.6) is 5.75 Å². The molecule has 2 aromatic rings. The molecule has 4 rings (SSSR count). The summed E-state index contributed by atoms with van der Waals surface area (Å²) in [6.07, 6.45) is 8.36. The highest BCUT2D eigenvalue weighted by molar-refractivity contribution is 6.07. The highest BCUT2D eigenvalue weighted by Crippen LogP contribution is 2.30. The van der Waals surface area contributed by atoms with E-state index in [1.807, 2.05) is 12.1 Å². The van der Waals surface area contributed by atoms with Gasteiger partial charge in [-0.2, -0.15) is 0 Å². The molecule has 2 aromatic carbocycles. The van der Waals surface area contributed by atoms with Gasteiger partial charge in [0.15, 0.2) is 11.6 Å². The Bertz CT molecular complexity index is 950. The molecule has 6 heteroatoms. The zero-order chi connectivity index (χ0) is 21.1. The van der Waals surface area contributed by atoms with Crippen molar-refractivity contribution in [3.05, 3.63) is 65.0 Å². The van der Waals surface area contributed by atoms with Crippen molar-refractivity contribution in [1.29, 1.82) is 0 Å². The zero-order valence-electron chi connectivity index (χ0n) is 18.2. The van der Waals surface area contributed by atoms with Crippen LogP contribution < -0.4 is 22.5 Å². The van der Waals surface area contributed by atoms with Crippen LogP contribution in [0.2, 0.25) is 0 Å². The number of nitrogens with zero attached hydrogens (tertiary/aromatic N) is 1. The summed E-state index contributed by atoms with van der Waals surface area (Å²) in [5.74, 6) is -0.429. The number of carbonyl (C=O) groups excluding carboxylic acids is 1. The highest BCUT2D eigenvalue weighted by Gasteiger charge is 2.29. The Balaban J connectivity index is 0.00000272. The number of benzene rings is 2. The lowest BCUT2D eigenvalue weighted by Crippen LogP contribution is -3.00. The first-order chi connectivity index (χ1) is 14.4. The number of anilines is 1. The molecule has 1 amide bonds. The molecule has 2 aliphatic rings. The van der Waals surface area contributed by atoms with Crippen LogP contribution in [-0.4, -0.2) is 37.1 Å². The number of hydrogen-bond donors (Lipinski definition) is 1. The average Bonchev–Trinajstić information content (AvgIpc) is 2.75. The first-order valence-corrected chi connectivity index (χ1v) is 10.8. The van der Waals surface area contributed by atoms with E-state index in [0.717, 1.165) is 22.8 Å². The number of hydrogen-bond acceptors (Lipinski definition) is 2. The van der Waals surface area contributed by atoms with Gasteiger partial charge >= 0.3 is 0 Å². The summed E-state index contributed by atoms with van der Waals surface area (Å²) >= 11 is 0. The second kappa shape index (κ2) is 9.84. The lowest BCUT2D eigenvalue weighted by Gasteiger charge is -2.40. The first-order valence-electron chi connectivity index (χ1n) is 10.8. The predicted molar refractivity (Wildman–Crippen MR) is 118 cm³/mol. The molecule has 31 heavy (non-hydrogen) atoms. The molecule has 0 spiro atoms. The molecular weight excluding hydrogens is 415 g/mol. The van der Waals surface area contributed by atoms with Crippen molar-refractivity contribution in [3.8, 4) is 5.75 Å². The fourth-order valence-electron chi connectivity index (χ4n) is 4.59. The average molecular weight is 445 g/mol. The summed E-state index contributed by atoms with van der Waals surface area (Å²) in [6.45, 7) is 1.05. The molecule has 1 fully saturated rings. The fourth-order valence-corrected chi connectivity index (χ4v) is 4.59. The van der Waals surface area contributed by atoms with Gasteiger partial charge in [-0.3, -0.25) is 4.79 Å². The Morgan fingerprint density at radius 3 is 2.52 bits per heavy atom. The van der Waals surface area contributed by atoms with E-state index in [4.69, 9.17) is 4.74 Å². The number of para-hydroxylation sites is 1. The predicted octanol–water partition coefficient (Wildman–Crippen LogP) is 2.15. The Kier molecular flexibility index (Phi) is 7.39. The smallest absolute Gasteiger partial charge is 0.255 e. The number of amides is 1. The summed E-state index contributed by atoms with van der Waals surface area (Å²) < 4.78 is 20.2. The SMILES string of the molecule is C[N+](C)(Cc1ccc(NC(=O)C2=Cc3cccc(F)c3OC2)cc1)C1CCCCC1.[Cl-]. The molecule has 0 radical (unpaired) electrons. The van der Waals surface area contributed by atoms with E-state index in [-0.39, 0.29) is 30.7 Å². The van der Waals surface area contributed by atoms with Crippen LogP contribution in [0, 0.1) is 5.82 Å². The van der Waals surface area contributed by atoms with E-state index in [2.05, 4.69) is 31.5 Å². The molecule has 1 aliphatic heterocycles. The van der Waals surface area contributed by atoms with E-state index < -0.39 is 5.82 Å². The van der Waals surface area contributed by atoms with Gasteiger partial charge in [0.1, 0.15) is 13.2 Å². The number of quaternary nitrogens is 1. The highest BCUT2D eigenvalue weighted by atomic mass is 35.5. The van der Waals surface area contributed by atoms with Gasteiger partial charge in [-0.15, -0.1) is 0 Å². The molecule has 1 aliphatic carbocycles. The Morgan fingerprint density at radius 1 is 1.10 bits per heavy atom. The van der Waals surface area contributed by atoms with Gasteiger partial charge in [-0.05, 0) is 50.0 Å². The van der Waals surface area contributed by atoms with Gasteiger partial charge < -0.3 is 26.9 Å². The van der Waals surface area contributed by atoms with Crippen molar-refractivity contribution in [3.63, 3.8) is 0 Å². The van der Waals surface area contributed by atoms with E-state index >= 15 is 0 Å². The lowest BCUT2D eigenvalue weighted by atomic mass is 9.92. The van der Waals surface area contributed by atoms with Crippen molar-refractivity contribution in [2.24, 2.45) is 0 Å². The van der Waals surface area contributed by atoms with Gasteiger partial charge in [-0.25, -0.2) is 4.39 Å². The minimum Gasteiger partial charge on any atom is -1.00 e. The van der Waals surface area contributed by atoms with Crippen molar-refractivity contribution in [2.75, 3.05) is 26.0 Å². The Morgan fingerprint density at radius 2 is 1.81 bits per heavy atom. The number of rotatable bonds is 5. The second-order valence-electron chi connectivity index (χ2n) is 9.00. The number of fused-ring (bicyclic) bond motifs is 1. The van der Waals surface area contributed by atoms with Gasteiger partial charge in [0, 0.05) is 16.8 Å². The number of nitrogens with one attached hydrogen (secondary N) is 1. The summed E-state index contributed by atoms with van der Waals surface area (Å²) in [7, 11) is 4.64. The van der Waals surface area contributed by atoms with Crippen LogP contribution in [0.3, 0.4) is 0 Å². The first kappa shape index (κ1) is 23.3. The summed E-state index contributed by atoms with van der Waals surface area (Å²) in [4.78, 5) is 12.6. The van der Waals surface area contributed by atoms with E-state index in [1.54, 1.807) is 18.2 Å². The molecule has 1 heterocycles. The van der Waals surface area contributed by atoms with Gasteiger partial charge in [0.05, 0.1) is 25.7 Å². The van der Waals surface area contributed by atoms with Crippen LogP contribution in [0.4, 0.5) is 10.1 Å². The summed E-state index contributed by atoms with van der Waals surface area (Å²) in [5.41, 5.74) is 3.09. The van der Waals surface area contributed by atoms with Crippen molar-refractivity contribution >= 4 is 17.7 Å². The normalized spacial score (nSPS) is 16.4. The molecule has 0 aromatic heterocycles. The maximum absolute atomic E-state index is 13.8. The van der Waals surface area contributed by atoms with E-state index in [9.17, 15) is 9.18 Å². The van der Waals surface area contributed by atoms with Gasteiger partial charge in [0.2, 0.25) is 0 Å². The minimum atomic E-state index is -0.409. The molecule has 1 saturated carbocycles. The van der Waals surface area contributed by atoms with E-state index in [0.29, 0.717) is 11.1 Å². The third kappa shape index (κ3) is 5.46. The third-order valence-corrected chi connectivity index (χ3v) is 6.36. The number of carbonyl (C=O) groups is 1. The summed E-state index contributed by atoms with van der Waals surface area (Å²) in [6, 6.07) is 13.5. The summed E-state index contributed by atoms with van der Waals surface area (Å²) in [5, 5.41) is 2.92.